The van der Waals surface area contributed by atoms with Gasteiger partial charge in [0.25, 0.3) is 0 Å². The average Bonchev–Trinajstić information content (AvgIpc) is 2.43. The number of hydrogen-bond acceptors (Lipinski definition) is 5. The Kier molecular flexibility index (Phi) is 4.42. The van der Waals surface area contributed by atoms with Crippen molar-refractivity contribution in [1.82, 2.24) is 4.90 Å². The lowest BCUT2D eigenvalue weighted by molar-refractivity contribution is -0.245. The Balaban J connectivity index is 2.18. The van der Waals surface area contributed by atoms with Crippen molar-refractivity contribution >= 4 is 18.6 Å². The van der Waals surface area contributed by atoms with Crippen LogP contribution in [0.5, 0.6) is 0 Å². The third kappa shape index (κ3) is 3.80. The van der Waals surface area contributed by atoms with Crippen LogP contribution in [0.4, 0.5) is 13.2 Å². The lowest BCUT2D eigenvalue weighted by Crippen LogP contribution is -2.49. The number of nitriles is 1. The van der Waals surface area contributed by atoms with Crippen molar-refractivity contribution < 1.29 is 27.3 Å². The van der Waals surface area contributed by atoms with Crippen molar-refractivity contribution in [2.75, 3.05) is 13.1 Å². The molecule has 1 saturated heterocycles. The molecule has 1 aromatic carbocycles. The fourth-order valence-electron chi connectivity index (χ4n) is 1.82. The predicted molar refractivity (Wildman–Crippen MR) is 70.5 cm³/mol. The summed E-state index contributed by atoms with van der Waals surface area (Å²) in [5.41, 5.74) is 0.789. The molecule has 0 bridgehead atoms. The summed E-state index contributed by atoms with van der Waals surface area (Å²) >= 11 is 0. The van der Waals surface area contributed by atoms with Gasteiger partial charge < -0.3 is 9.31 Å². The zero-order chi connectivity index (χ0) is 16.3. The molecule has 1 aromatic rings. The van der Waals surface area contributed by atoms with Crippen molar-refractivity contribution in [3.05, 3.63) is 42.2 Å². The lowest BCUT2D eigenvalue weighted by Gasteiger charge is -2.29. The highest BCUT2D eigenvalue weighted by Gasteiger charge is 2.42. The molecule has 0 radical (unpaired) electrons. The molecular formula is C13H10BF3N2O3. The molecule has 114 valence electrons. The fraction of sp³-hybridized carbons (Fsp3) is 0.231. The summed E-state index contributed by atoms with van der Waals surface area (Å²) in [4.78, 5) is 11.5. The second-order valence-corrected chi connectivity index (χ2v) is 4.54. The Morgan fingerprint density at radius 2 is 1.86 bits per heavy atom. The van der Waals surface area contributed by atoms with Crippen molar-refractivity contribution in [2.45, 2.75) is 6.30 Å². The van der Waals surface area contributed by atoms with Crippen LogP contribution in [0.25, 0.3) is 0 Å². The van der Waals surface area contributed by atoms with Crippen molar-refractivity contribution in [2.24, 2.45) is 0 Å². The van der Waals surface area contributed by atoms with Gasteiger partial charge in [-0.15, -0.1) is 0 Å². The first kappa shape index (κ1) is 15.9. The summed E-state index contributed by atoms with van der Waals surface area (Å²) in [7, 11) is -1.19. The second-order valence-electron chi connectivity index (χ2n) is 4.54. The summed E-state index contributed by atoms with van der Waals surface area (Å²) in [6, 6.07) is 7.87. The molecule has 0 saturated carbocycles. The van der Waals surface area contributed by atoms with E-state index in [1.165, 1.54) is 24.3 Å². The average molecular weight is 310 g/mol. The summed E-state index contributed by atoms with van der Waals surface area (Å²) in [5.74, 6) is -1.25. The maximum Gasteiger partial charge on any atom is 0.634 e. The number of benzene rings is 1. The fourth-order valence-corrected chi connectivity index (χ4v) is 1.82. The van der Waals surface area contributed by atoms with E-state index in [0.29, 0.717) is 11.0 Å². The van der Waals surface area contributed by atoms with E-state index in [4.69, 9.17) is 14.6 Å². The van der Waals surface area contributed by atoms with Gasteiger partial charge >= 0.3 is 19.4 Å². The molecule has 0 amide bonds. The Labute approximate surface area is 124 Å². The highest BCUT2D eigenvalue weighted by Crippen LogP contribution is 2.23. The Morgan fingerprint density at radius 3 is 2.41 bits per heavy atom. The third-order valence-corrected chi connectivity index (χ3v) is 2.87. The lowest BCUT2D eigenvalue weighted by atomic mass is 9.78. The van der Waals surface area contributed by atoms with Gasteiger partial charge in [0.1, 0.15) is 6.54 Å². The van der Waals surface area contributed by atoms with Crippen LogP contribution in [-0.2, 0) is 14.1 Å². The summed E-state index contributed by atoms with van der Waals surface area (Å²) < 4.78 is 48.2. The van der Waals surface area contributed by atoms with Gasteiger partial charge in [-0.2, -0.15) is 23.3 Å². The Hall–Kier alpha value is -2.47. The molecule has 0 spiro atoms. The first-order chi connectivity index (χ1) is 10.3. The summed E-state index contributed by atoms with van der Waals surface area (Å²) in [5, 5.41) is 8.72. The first-order valence-electron chi connectivity index (χ1n) is 6.15. The minimum atomic E-state index is -4.69. The maximum atomic E-state index is 12.7. The molecule has 0 unspecified atom stereocenters. The molecule has 1 aliphatic rings. The Bertz CT molecular complexity index is 605. The van der Waals surface area contributed by atoms with Gasteiger partial charge in [-0.25, -0.2) is 0 Å². The molecule has 0 N–H and O–H groups in total. The minimum Gasteiger partial charge on any atom is -0.525 e. The number of halogens is 3. The smallest absolute Gasteiger partial charge is 0.525 e. The number of carbonyl (C=O) groups is 1. The zero-order valence-corrected chi connectivity index (χ0v) is 11.3. The van der Waals surface area contributed by atoms with E-state index < -0.39 is 32.5 Å². The predicted octanol–water partition coefficient (Wildman–Crippen LogP) is 1.16. The zero-order valence-electron chi connectivity index (χ0n) is 11.3. The molecule has 0 atom stereocenters. The second kappa shape index (κ2) is 6.11. The normalized spacial score (nSPS) is 17.1. The van der Waals surface area contributed by atoms with Crippen LogP contribution in [0.3, 0.4) is 0 Å². The molecule has 1 fully saturated rings. The van der Waals surface area contributed by atoms with Crippen LogP contribution in [0.15, 0.2) is 36.6 Å². The van der Waals surface area contributed by atoms with Crippen LogP contribution in [-0.4, -0.2) is 37.4 Å². The van der Waals surface area contributed by atoms with E-state index in [-0.39, 0.29) is 10.7 Å². The van der Waals surface area contributed by atoms with E-state index in [1.807, 2.05) is 6.07 Å². The highest BCUT2D eigenvalue weighted by atomic mass is 19.4. The number of carbonyl (C=O) groups excluding carboxylic acids is 1. The molecule has 9 heteroatoms. The van der Waals surface area contributed by atoms with Gasteiger partial charge in [0.15, 0.2) is 0 Å². The topological polar surface area (TPSA) is 62.6 Å². The molecule has 0 aliphatic carbocycles. The van der Waals surface area contributed by atoms with Crippen molar-refractivity contribution in [3.8, 4) is 6.07 Å². The quantitative estimate of drug-likeness (QED) is 0.575. The molecule has 1 heterocycles. The van der Waals surface area contributed by atoms with E-state index in [0.717, 1.165) is 0 Å². The van der Waals surface area contributed by atoms with Gasteiger partial charge in [-0.3, -0.25) is 4.79 Å². The van der Waals surface area contributed by atoms with E-state index >= 15 is 0 Å². The molecular weight excluding hydrogens is 300 g/mol. The minimum absolute atomic E-state index is 0.0489. The van der Waals surface area contributed by atoms with Gasteiger partial charge in [-0.1, -0.05) is 18.7 Å². The molecule has 2 rings (SSSR count). The van der Waals surface area contributed by atoms with Gasteiger partial charge in [0, 0.05) is 5.46 Å². The number of nitrogens with zero attached hydrogens (tertiary/aromatic N) is 2. The van der Waals surface area contributed by atoms with E-state index in [9.17, 15) is 18.0 Å². The maximum absolute atomic E-state index is 12.7. The largest absolute Gasteiger partial charge is 0.634 e. The van der Waals surface area contributed by atoms with Crippen molar-refractivity contribution in [3.63, 3.8) is 0 Å². The standard InChI is InChI=1S/C13H10BF3N2O3/c1-9-7-19(13(15,16)17)8-12(20)22-14(21-9)11-4-2-10(6-18)3-5-11/h2-5H,1,7-8H2. The van der Waals surface area contributed by atoms with Gasteiger partial charge in [0.2, 0.25) is 0 Å². The third-order valence-electron chi connectivity index (χ3n) is 2.87. The number of hydrogen-bond donors (Lipinski definition) is 0. The van der Waals surface area contributed by atoms with Crippen LogP contribution < -0.4 is 5.46 Å². The number of alkyl halides is 3. The SMILES string of the molecule is C=C1CN(C(F)(F)F)CC(=O)OB(c2ccc(C#N)cc2)O1. The molecule has 0 aromatic heterocycles. The Morgan fingerprint density at radius 1 is 1.23 bits per heavy atom. The van der Waals surface area contributed by atoms with E-state index in [1.54, 1.807) is 0 Å². The van der Waals surface area contributed by atoms with Gasteiger partial charge in [-0.05, 0) is 12.1 Å². The van der Waals surface area contributed by atoms with Gasteiger partial charge in [0.05, 0.1) is 23.9 Å². The van der Waals surface area contributed by atoms with Crippen LogP contribution >= 0.6 is 0 Å². The highest BCUT2D eigenvalue weighted by molar-refractivity contribution is 6.63. The molecule has 1 aliphatic heterocycles. The summed E-state index contributed by atoms with van der Waals surface area (Å²) in [6.07, 6.45) is -4.69. The first-order valence-corrected chi connectivity index (χ1v) is 6.15. The summed E-state index contributed by atoms with van der Waals surface area (Å²) in [6.45, 7) is 1.80. The number of rotatable bonds is 1. The van der Waals surface area contributed by atoms with Crippen LogP contribution in [0.1, 0.15) is 5.56 Å². The van der Waals surface area contributed by atoms with E-state index in [2.05, 4.69) is 6.58 Å². The van der Waals surface area contributed by atoms with Crippen LogP contribution in [0, 0.1) is 11.3 Å². The van der Waals surface area contributed by atoms with Crippen LogP contribution in [0.2, 0.25) is 0 Å². The van der Waals surface area contributed by atoms with Crippen molar-refractivity contribution in [1.29, 1.82) is 5.26 Å². The molecule has 22 heavy (non-hydrogen) atoms. The molecule has 5 nitrogen and oxygen atoms in total. The monoisotopic (exact) mass is 310 g/mol.